The second kappa shape index (κ2) is 6.75. The van der Waals surface area contributed by atoms with E-state index in [0.29, 0.717) is 17.9 Å². The molecule has 0 saturated heterocycles. The average Bonchev–Trinajstić information content (AvgIpc) is 2.70. The minimum Gasteiger partial charge on any atom is -0.496 e. The molecule has 0 spiro atoms. The predicted molar refractivity (Wildman–Crippen MR) is 78.0 cm³/mol. The number of rotatable bonds is 4. The van der Waals surface area contributed by atoms with Gasteiger partial charge in [-0.1, -0.05) is 37.8 Å². The molecule has 20 heavy (non-hydrogen) atoms. The number of ether oxygens (including phenoxy) is 1. The molecule has 0 unspecified atom stereocenters. The summed E-state index contributed by atoms with van der Waals surface area (Å²) in [6, 6.07) is 7.12. The Bertz CT molecular complexity index is 451. The third kappa shape index (κ3) is 3.73. The van der Waals surface area contributed by atoms with E-state index in [2.05, 4.69) is 5.32 Å². The van der Waals surface area contributed by atoms with Gasteiger partial charge in [0, 0.05) is 6.54 Å². The first-order chi connectivity index (χ1) is 9.64. The molecule has 0 aromatic heterocycles. The lowest BCUT2D eigenvalue weighted by Crippen LogP contribution is -2.42. The van der Waals surface area contributed by atoms with Crippen molar-refractivity contribution in [3.05, 3.63) is 29.8 Å². The van der Waals surface area contributed by atoms with Crippen LogP contribution in [0.25, 0.3) is 0 Å². The fraction of sp³-hybridized carbons (Fsp3) is 0.562. The van der Waals surface area contributed by atoms with Gasteiger partial charge in [-0.2, -0.15) is 0 Å². The van der Waals surface area contributed by atoms with Crippen LogP contribution in [0.4, 0.5) is 0 Å². The number of carbonyl (C=O) groups is 1. The van der Waals surface area contributed by atoms with E-state index in [1.807, 2.05) is 6.07 Å². The van der Waals surface area contributed by atoms with Crippen molar-refractivity contribution in [1.82, 2.24) is 5.32 Å². The Balaban J connectivity index is 1.97. The molecule has 1 fully saturated rings. The van der Waals surface area contributed by atoms with Crippen LogP contribution in [0.5, 0.6) is 5.75 Å². The van der Waals surface area contributed by atoms with Crippen molar-refractivity contribution in [2.75, 3.05) is 13.7 Å². The molecular formula is C16H23NO3. The molecule has 0 bridgehead atoms. The molecule has 1 aromatic rings. The molecule has 0 heterocycles. The van der Waals surface area contributed by atoms with Crippen LogP contribution in [0.3, 0.4) is 0 Å². The summed E-state index contributed by atoms with van der Waals surface area (Å²) in [5.74, 6) is 0.359. The molecule has 110 valence electrons. The average molecular weight is 277 g/mol. The van der Waals surface area contributed by atoms with Crippen molar-refractivity contribution in [1.29, 1.82) is 0 Å². The van der Waals surface area contributed by atoms with Crippen molar-refractivity contribution < 1.29 is 14.6 Å². The van der Waals surface area contributed by atoms with Crippen LogP contribution < -0.4 is 10.1 Å². The SMILES string of the molecule is COc1ccccc1C(=O)NCC1(O)CCCCCC1. The number of amides is 1. The Morgan fingerprint density at radius 1 is 1.25 bits per heavy atom. The highest BCUT2D eigenvalue weighted by Gasteiger charge is 2.28. The van der Waals surface area contributed by atoms with Gasteiger partial charge in [-0.25, -0.2) is 0 Å². The van der Waals surface area contributed by atoms with Crippen LogP contribution in [0.1, 0.15) is 48.9 Å². The van der Waals surface area contributed by atoms with Crippen LogP contribution in [0.15, 0.2) is 24.3 Å². The molecule has 2 N–H and O–H groups in total. The molecule has 1 aliphatic rings. The van der Waals surface area contributed by atoms with Crippen molar-refractivity contribution in [2.24, 2.45) is 0 Å². The topological polar surface area (TPSA) is 58.6 Å². The molecule has 2 rings (SSSR count). The maximum Gasteiger partial charge on any atom is 0.255 e. The zero-order chi connectivity index (χ0) is 14.4. The van der Waals surface area contributed by atoms with Crippen molar-refractivity contribution in [3.8, 4) is 5.75 Å². The van der Waals surface area contributed by atoms with Gasteiger partial charge in [-0.3, -0.25) is 4.79 Å². The summed E-state index contributed by atoms with van der Waals surface area (Å²) in [4.78, 5) is 12.2. The highest BCUT2D eigenvalue weighted by Crippen LogP contribution is 2.26. The minimum absolute atomic E-state index is 0.194. The second-order valence-electron chi connectivity index (χ2n) is 5.52. The molecule has 1 saturated carbocycles. The Morgan fingerprint density at radius 2 is 1.90 bits per heavy atom. The number of benzene rings is 1. The van der Waals surface area contributed by atoms with E-state index in [4.69, 9.17) is 4.74 Å². The molecule has 1 aromatic carbocycles. The summed E-state index contributed by atoms with van der Waals surface area (Å²) in [5.41, 5.74) is -0.249. The van der Waals surface area contributed by atoms with Crippen LogP contribution in [-0.4, -0.2) is 30.3 Å². The van der Waals surface area contributed by atoms with Gasteiger partial charge in [-0.15, -0.1) is 0 Å². The lowest BCUT2D eigenvalue weighted by Gasteiger charge is -2.26. The molecular weight excluding hydrogens is 254 g/mol. The summed E-state index contributed by atoms with van der Waals surface area (Å²) < 4.78 is 5.18. The van der Waals surface area contributed by atoms with E-state index < -0.39 is 5.60 Å². The van der Waals surface area contributed by atoms with Crippen molar-refractivity contribution in [2.45, 2.75) is 44.1 Å². The van der Waals surface area contributed by atoms with Crippen LogP contribution in [0.2, 0.25) is 0 Å². The summed E-state index contributed by atoms with van der Waals surface area (Å²) in [6.45, 7) is 0.309. The number of carbonyl (C=O) groups excluding carboxylic acids is 1. The molecule has 4 nitrogen and oxygen atoms in total. The van der Waals surface area contributed by atoms with Crippen LogP contribution >= 0.6 is 0 Å². The molecule has 0 radical (unpaired) electrons. The summed E-state index contributed by atoms with van der Waals surface area (Å²) in [5, 5.41) is 13.4. The van der Waals surface area contributed by atoms with Gasteiger partial charge < -0.3 is 15.2 Å². The lowest BCUT2D eigenvalue weighted by atomic mass is 9.94. The predicted octanol–water partition coefficient (Wildman–Crippen LogP) is 2.51. The van der Waals surface area contributed by atoms with Crippen molar-refractivity contribution >= 4 is 5.91 Å². The number of hydrogen-bond acceptors (Lipinski definition) is 3. The van der Waals surface area contributed by atoms with Gasteiger partial charge in [-0.05, 0) is 25.0 Å². The fourth-order valence-electron chi connectivity index (χ4n) is 2.74. The zero-order valence-electron chi connectivity index (χ0n) is 12.0. The first-order valence-corrected chi connectivity index (χ1v) is 7.28. The first kappa shape index (κ1) is 14.9. The Hall–Kier alpha value is -1.55. The molecule has 0 aliphatic heterocycles. The van der Waals surface area contributed by atoms with Gasteiger partial charge in [0.25, 0.3) is 5.91 Å². The van der Waals surface area contributed by atoms with E-state index in [0.717, 1.165) is 25.7 Å². The highest BCUT2D eigenvalue weighted by molar-refractivity contribution is 5.96. The summed E-state index contributed by atoms with van der Waals surface area (Å²) >= 11 is 0. The Morgan fingerprint density at radius 3 is 2.55 bits per heavy atom. The van der Waals surface area contributed by atoms with Crippen LogP contribution in [-0.2, 0) is 0 Å². The molecule has 4 heteroatoms. The smallest absolute Gasteiger partial charge is 0.255 e. The van der Waals surface area contributed by atoms with Crippen LogP contribution in [0, 0.1) is 0 Å². The van der Waals surface area contributed by atoms with Gasteiger partial charge in [0.15, 0.2) is 0 Å². The largest absolute Gasteiger partial charge is 0.496 e. The standard InChI is InChI=1S/C16H23NO3/c1-20-14-9-5-4-8-13(14)15(18)17-12-16(19)10-6-2-3-7-11-16/h4-5,8-9,19H,2-3,6-7,10-12H2,1H3,(H,17,18). The Kier molecular flexibility index (Phi) is 5.01. The van der Waals surface area contributed by atoms with Crippen molar-refractivity contribution in [3.63, 3.8) is 0 Å². The maximum absolute atomic E-state index is 12.2. The van der Waals surface area contributed by atoms with Gasteiger partial charge in [0.1, 0.15) is 5.75 Å². The number of nitrogens with one attached hydrogen (secondary N) is 1. The summed E-state index contributed by atoms with van der Waals surface area (Å²) in [7, 11) is 1.55. The monoisotopic (exact) mass is 277 g/mol. The molecule has 0 atom stereocenters. The number of para-hydroxylation sites is 1. The van der Waals surface area contributed by atoms with Gasteiger partial charge >= 0.3 is 0 Å². The third-order valence-electron chi connectivity index (χ3n) is 3.96. The minimum atomic E-state index is -0.756. The second-order valence-corrected chi connectivity index (χ2v) is 5.52. The van der Waals surface area contributed by atoms with E-state index in [9.17, 15) is 9.90 Å². The molecule has 1 amide bonds. The highest BCUT2D eigenvalue weighted by atomic mass is 16.5. The number of methoxy groups -OCH3 is 1. The quantitative estimate of drug-likeness (QED) is 0.831. The van der Waals surface area contributed by atoms with E-state index in [-0.39, 0.29) is 5.91 Å². The van der Waals surface area contributed by atoms with E-state index in [1.165, 1.54) is 12.8 Å². The van der Waals surface area contributed by atoms with E-state index in [1.54, 1.807) is 25.3 Å². The zero-order valence-corrected chi connectivity index (χ0v) is 12.0. The number of hydrogen-bond donors (Lipinski definition) is 2. The maximum atomic E-state index is 12.2. The molecule has 1 aliphatic carbocycles. The summed E-state index contributed by atoms with van der Waals surface area (Å²) in [6.07, 6.45) is 5.92. The van der Waals surface area contributed by atoms with Gasteiger partial charge in [0.05, 0.1) is 18.3 Å². The van der Waals surface area contributed by atoms with E-state index >= 15 is 0 Å². The Labute approximate surface area is 120 Å². The first-order valence-electron chi connectivity index (χ1n) is 7.28. The fourth-order valence-corrected chi connectivity index (χ4v) is 2.74. The normalized spacial score (nSPS) is 18.1. The third-order valence-corrected chi connectivity index (χ3v) is 3.96. The van der Waals surface area contributed by atoms with Gasteiger partial charge in [0.2, 0.25) is 0 Å². The number of aliphatic hydroxyl groups is 1. The lowest BCUT2D eigenvalue weighted by molar-refractivity contribution is 0.0246.